The summed E-state index contributed by atoms with van der Waals surface area (Å²) in [6, 6.07) is 20.1. The number of carbonyl (C=O) groups excluding carboxylic acids is 1. The Bertz CT molecular complexity index is 1100. The van der Waals surface area contributed by atoms with Gasteiger partial charge < -0.3 is 8.68 Å². The summed E-state index contributed by atoms with van der Waals surface area (Å²) in [5, 5.41) is 10.8. The first kappa shape index (κ1) is 32.1. The van der Waals surface area contributed by atoms with Crippen LogP contribution < -0.4 is 0 Å². The van der Waals surface area contributed by atoms with Crippen molar-refractivity contribution in [1.29, 1.82) is 0 Å². The normalized spacial score (nSPS) is 13.9. The topological polar surface area (TPSA) is 48.3 Å². The summed E-state index contributed by atoms with van der Waals surface area (Å²) in [6.45, 7) is 28.2. The number of hydrogen-bond donors (Lipinski definition) is 0. The second kappa shape index (κ2) is 12.4. The predicted octanol–water partition coefficient (Wildman–Crippen LogP) is 8.35. The highest BCUT2D eigenvalue weighted by molar-refractivity contribution is 6.90. The summed E-state index contributed by atoms with van der Waals surface area (Å²) in [5.74, 6) is 0.107. The summed E-state index contributed by atoms with van der Waals surface area (Å²) in [6.07, 6.45) is 0.848. The summed E-state index contributed by atoms with van der Waals surface area (Å²) < 4.78 is 4.89. The second-order valence-corrected chi connectivity index (χ2v) is 34.0. The summed E-state index contributed by atoms with van der Waals surface area (Å²) in [5.41, 5.74) is 3.73. The molecule has 0 saturated carbocycles. The van der Waals surface area contributed by atoms with Gasteiger partial charge in [0.2, 0.25) is 0 Å². The number of ketones is 1. The molecule has 0 unspecified atom stereocenters. The zero-order valence-electron chi connectivity index (χ0n) is 25.9. The van der Waals surface area contributed by atoms with Crippen molar-refractivity contribution < 1.29 is 4.79 Å². The van der Waals surface area contributed by atoms with Gasteiger partial charge in [-0.3, -0.25) is 4.79 Å². The van der Waals surface area contributed by atoms with Crippen LogP contribution in [0.25, 0.3) is 0 Å². The fourth-order valence-electron chi connectivity index (χ4n) is 4.94. The number of hydrogen-bond acceptors (Lipinski definition) is 5. The summed E-state index contributed by atoms with van der Waals surface area (Å²) >= 11 is 0. The first-order valence-electron chi connectivity index (χ1n) is 13.7. The van der Waals surface area contributed by atoms with E-state index < -0.39 is 32.9 Å². The van der Waals surface area contributed by atoms with E-state index in [9.17, 15) is 4.79 Å². The van der Waals surface area contributed by atoms with Gasteiger partial charge in [0.25, 0.3) is 0 Å². The van der Waals surface area contributed by atoms with Gasteiger partial charge in [0.05, 0.1) is 12.1 Å². The minimum Gasteiger partial charge on any atom is -0.350 e. The van der Waals surface area contributed by atoms with Crippen molar-refractivity contribution in [1.82, 2.24) is 8.68 Å². The van der Waals surface area contributed by atoms with Crippen LogP contribution in [0.4, 0.5) is 0 Å². The fourth-order valence-corrected chi connectivity index (χ4v) is 22.8. The molecule has 0 aromatic heterocycles. The standard InChI is InChI=1S/C29H50N4OSi4/c1-35(2,3)32(36(4,5)6)30-27(24-29(34)26-21-17-14-18-22-26)23-28(25-19-15-13-16-20-25)31-33(37(7,8)9)38(10,11)12/h13-22H,23-24H2,1-12H3. The van der Waals surface area contributed by atoms with E-state index in [2.05, 4.69) is 112 Å². The van der Waals surface area contributed by atoms with Crippen LogP contribution in [0, 0.1) is 0 Å². The van der Waals surface area contributed by atoms with Gasteiger partial charge in [0, 0.05) is 17.7 Å². The molecule has 0 aliphatic heterocycles. The van der Waals surface area contributed by atoms with E-state index >= 15 is 0 Å². The molecule has 38 heavy (non-hydrogen) atoms. The Morgan fingerprint density at radius 1 is 0.553 bits per heavy atom. The van der Waals surface area contributed by atoms with Crippen LogP contribution in [-0.2, 0) is 0 Å². The van der Waals surface area contributed by atoms with Crippen LogP contribution in [0.15, 0.2) is 70.9 Å². The molecule has 0 radical (unpaired) electrons. The minimum atomic E-state index is -1.78. The molecule has 0 saturated heterocycles. The van der Waals surface area contributed by atoms with Gasteiger partial charge in [-0.05, 0) is 5.56 Å². The average Bonchev–Trinajstić information content (AvgIpc) is 2.77. The van der Waals surface area contributed by atoms with Gasteiger partial charge in [0.1, 0.15) is 0 Å². The van der Waals surface area contributed by atoms with Crippen LogP contribution in [0.2, 0.25) is 78.6 Å². The predicted molar refractivity (Wildman–Crippen MR) is 177 cm³/mol. The molecule has 0 aliphatic carbocycles. The first-order chi connectivity index (χ1) is 17.3. The molecule has 0 aliphatic rings. The average molecular weight is 583 g/mol. The van der Waals surface area contributed by atoms with Gasteiger partial charge in [0.15, 0.2) is 38.7 Å². The molecule has 208 valence electrons. The molecule has 0 fully saturated rings. The van der Waals surface area contributed by atoms with Crippen LogP contribution in [0.1, 0.15) is 28.8 Å². The highest BCUT2D eigenvalue weighted by Crippen LogP contribution is 2.24. The molecule has 0 spiro atoms. The van der Waals surface area contributed by atoms with Gasteiger partial charge in [-0.1, -0.05) is 139 Å². The smallest absolute Gasteiger partial charge is 0.168 e. The molecule has 2 aromatic rings. The first-order valence-corrected chi connectivity index (χ1v) is 27.5. The molecule has 0 N–H and O–H groups in total. The van der Waals surface area contributed by atoms with E-state index in [-0.39, 0.29) is 5.78 Å². The number of Topliss-reactive ketones (excluding diaryl/α,β-unsaturated/α-hetero) is 1. The Morgan fingerprint density at radius 2 is 0.921 bits per heavy atom. The summed E-state index contributed by atoms with van der Waals surface area (Å²) in [7, 11) is -7.04. The number of carbonyl (C=O) groups is 1. The Hall–Kier alpha value is -2.08. The van der Waals surface area contributed by atoms with Crippen molar-refractivity contribution in [2.75, 3.05) is 0 Å². The van der Waals surface area contributed by atoms with Crippen molar-refractivity contribution in [3.05, 3.63) is 71.8 Å². The molecular weight excluding hydrogens is 533 g/mol. The Kier molecular flexibility index (Phi) is 10.5. The lowest BCUT2D eigenvalue weighted by atomic mass is 9.99. The van der Waals surface area contributed by atoms with Crippen molar-refractivity contribution in [3.63, 3.8) is 0 Å². The molecule has 2 aromatic carbocycles. The third kappa shape index (κ3) is 9.59. The quantitative estimate of drug-likeness (QED) is 0.109. The highest BCUT2D eigenvalue weighted by atomic mass is 28.4. The lowest BCUT2D eigenvalue weighted by Crippen LogP contribution is -2.56. The number of rotatable bonds is 12. The molecule has 2 rings (SSSR count). The van der Waals surface area contributed by atoms with Crippen LogP contribution in [0.3, 0.4) is 0 Å². The lowest BCUT2D eigenvalue weighted by molar-refractivity contribution is 0.1000. The molecule has 0 heterocycles. The zero-order chi connectivity index (χ0) is 28.9. The minimum absolute atomic E-state index is 0.107. The third-order valence-corrected chi connectivity index (χ3v) is 19.5. The number of benzene rings is 2. The third-order valence-electron chi connectivity index (χ3n) is 5.94. The molecule has 0 bridgehead atoms. The number of hydrazone groups is 2. The van der Waals surface area contributed by atoms with Crippen molar-refractivity contribution >= 4 is 50.1 Å². The van der Waals surface area contributed by atoms with Gasteiger partial charge in [-0.2, -0.15) is 5.10 Å². The van der Waals surface area contributed by atoms with Gasteiger partial charge in [-0.15, -0.1) is 0 Å². The van der Waals surface area contributed by atoms with E-state index in [1.54, 1.807) is 0 Å². The van der Waals surface area contributed by atoms with E-state index in [4.69, 9.17) is 10.2 Å². The van der Waals surface area contributed by atoms with Crippen molar-refractivity contribution in [2.45, 2.75) is 91.4 Å². The largest absolute Gasteiger partial charge is 0.350 e. The van der Waals surface area contributed by atoms with Crippen molar-refractivity contribution in [2.24, 2.45) is 10.2 Å². The maximum absolute atomic E-state index is 13.5. The Morgan fingerprint density at radius 3 is 1.32 bits per heavy atom. The molecule has 0 atom stereocenters. The number of nitrogens with zero attached hydrogens (tertiary/aromatic N) is 4. The van der Waals surface area contributed by atoms with Crippen LogP contribution in [-0.4, -0.2) is 58.8 Å². The second-order valence-electron chi connectivity index (χ2n) is 14.0. The van der Waals surface area contributed by atoms with Crippen molar-refractivity contribution in [3.8, 4) is 0 Å². The SMILES string of the molecule is C[Si](C)(C)N(N=C(CC(=O)c1ccccc1)CC(=NN([Si](C)(C)C)[Si](C)(C)C)c1ccccc1)[Si](C)(C)C. The van der Waals surface area contributed by atoms with Gasteiger partial charge in [-0.25, -0.2) is 5.10 Å². The molecular formula is C29H50N4OSi4. The maximum Gasteiger partial charge on any atom is 0.168 e. The fraction of sp³-hybridized carbons (Fsp3) is 0.483. The molecule has 0 amide bonds. The summed E-state index contributed by atoms with van der Waals surface area (Å²) in [4.78, 5) is 13.5. The lowest BCUT2D eigenvalue weighted by Gasteiger charge is -2.42. The maximum atomic E-state index is 13.5. The Balaban J connectivity index is 2.71. The van der Waals surface area contributed by atoms with Crippen LogP contribution in [0.5, 0.6) is 0 Å². The molecule has 5 nitrogen and oxygen atoms in total. The monoisotopic (exact) mass is 582 g/mol. The van der Waals surface area contributed by atoms with E-state index in [0.717, 1.165) is 22.6 Å². The van der Waals surface area contributed by atoms with Gasteiger partial charge >= 0.3 is 0 Å². The zero-order valence-corrected chi connectivity index (χ0v) is 29.9. The Labute approximate surface area is 236 Å². The van der Waals surface area contributed by atoms with E-state index in [1.165, 1.54) is 0 Å². The van der Waals surface area contributed by atoms with Crippen LogP contribution >= 0.6 is 0 Å². The van der Waals surface area contributed by atoms with E-state index in [1.807, 2.05) is 36.4 Å². The van der Waals surface area contributed by atoms with E-state index in [0.29, 0.717) is 12.8 Å². The molecule has 9 heteroatoms. The highest BCUT2D eigenvalue weighted by Gasteiger charge is 2.36.